The van der Waals surface area contributed by atoms with Crippen molar-refractivity contribution in [3.63, 3.8) is 0 Å². The van der Waals surface area contributed by atoms with E-state index in [1.165, 1.54) is 17.0 Å². The lowest BCUT2D eigenvalue weighted by Gasteiger charge is -2.42. The van der Waals surface area contributed by atoms with Crippen LogP contribution in [0.3, 0.4) is 0 Å². The lowest BCUT2D eigenvalue weighted by molar-refractivity contribution is -0.137. The van der Waals surface area contributed by atoms with Crippen LogP contribution in [0, 0.1) is 0 Å². The van der Waals surface area contributed by atoms with Gasteiger partial charge in [0.2, 0.25) is 5.91 Å². The highest BCUT2D eigenvalue weighted by molar-refractivity contribution is 5.98. The molecule has 0 spiro atoms. The van der Waals surface area contributed by atoms with Crippen LogP contribution >= 0.6 is 0 Å². The second kappa shape index (κ2) is 9.32. The van der Waals surface area contributed by atoms with Crippen molar-refractivity contribution in [2.24, 2.45) is 0 Å². The Kier molecular flexibility index (Phi) is 6.99. The van der Waals surface area contributed by atoms with E-state index >= 15 is 0 Å². The van der Waals surface area contributed by atoms with Gasteiger partial charge in [-0.05, 0) is 37.6 Å². The van der Waals surface area contributed by atoms with Gasteiger partial charge >= 0.3 is 6.18 Å². The van der Waals surface area contributed by atoms with Crippen LogP contribution in [0.1, 0.15) is 31.7 Å². The van der Waals surface area contributed by atoms with Crippen LogP contribution in [0.15, 0.2) is 18.2 Å². The van der Waals surface area contributed by atoms with Crippen LogP contribution in [-0.2, 0) is 20.5 Å². The van der Waals surface area contributed by atoms with E-state index in [2.05, 4.69) is 5.32 Å². The van der Waals surface area contributed by atoms with Gasteiger partial charge in [-0.3, -0.25) is 14.5 Å². The average molecular weight is 427 g/mol. The number of carbonyl (C=O) groups is 2. The van der Waals surface area contributed by atoms with Crippen LogP contribution in [0.4, 0.5) is 24.5 Å². The molecule has 0 unspecified atom stereocenters. The van der Waals surface area contributed by atoms with Crippen LogP contribution in [0.2, 0.25) is 0 Å². The molecule has 1 aliphatic heterocycles. The highest BCUT2D eigenvalue weighted by atomic mass is 19.4. The summed E-state index contributed by atoms with van der Waals surface area (Å²) in [7, 11) is 0. The summed E-state index contributed by atoms with van der Waals surface area (Å²) in [6.07, 6.45) is -1.82. The Hall–Kier alpha value is -2.17. The van der Waals surface area contributed by atoms with Crippen LogP contribution in [0.5, 0.6) is 0 Å². The van der Waals surface area contributed by atoms with Gasteiger partial charge in [-0.1, -0.05) is 13.3 Å². The molecule has 0 radical (unpaired) electrons. The first-order valence-corrected chi connectivity index (χ1v) is 10.1. The van der Waals surface area contributed by atoms with Gasteiger partial charge in [0.25, 0.3) is 5.91 Å². The molecule has 10 heteroatoms. The van der Waals surface area contributed by atoms with Gasteiger partial charge < -0.3 is 20.7 Å². The van der Waals surface area contributed by atoms with E-state index in [1.54, 1.807) is 0 Å². The molecule has 1 saturated heterocycles. The van der Waals surface area contributed by atoms with Crippen LogP contribution in [-0.4, -0.2) is 61.6 Å². The number of carbonyl (C=O) groups excluding carboxylic acids is 2. The van der Waals surface area contributed by atoms with Crippen LogP contribution < -0.4 is 10.2 Å². The molecule has 1 aromatic rings. The number of anilines is 2. The summed E-state index contributed by atoms with van der Waals surface area (Å²) in [5, 5.41) is 2.38. The highest BCUT2D eigenvalue weighted by Crippen LogP contribution is 2.38. The van der Waals surface area contributed by atoms with E-state index in [9.17, 15) is 22.8 Å². The number of nitrogens with zero attached hydrogens (tertiary/aromatic N) is 2. The van der Waals surface area contributed by atoms with Gasteiger partial charge in [-0.15, -0.1) is 6.54 Å². The highest BCUT2D eigenvalue weighted by Gasteiger charge is 2.37. The van der Waals surface area contributed by atoms with Gasteiger partial charge in [0, 0.05) is 18.3 Å². The minimum absolute atomic E-state index is 0.107. The monoisotopic (exact) mass is 427 g/mol. The summed E-state index contributed by atoms with van der Waals surface area (Å²) in [4.78, 5) is 27.9. The molecule has 1 aliphatic carbocycles. The third-order valence-corrected chi connectivity index (χ3v) is 5.67. The second-order valence-electron chi connectivity index (χ2n) is 7.45. The summed E-state index contributed by atoms with van der Waals surface area (Å²) in [6.45, 7) is 2.41. The third-order valence-electron chi connectivity index (χ3n) is 5.67. The molecule has 2 amide bonds. The second-order valence-corrected chi connectivity index (χ2v) is 7.45. The molecule has 166 valence electrons. The zero-order valence-corrected chi connectivity index (χ0v) is 16.8. The first kappa shape index (κ1) is 22.5. The molecule has 30 heavy (non-hydrogen) atoms. The summed E-state index contributed by atoms with van der Waals surface area (Å²) >= 11 is 0. The Labute approximate surface area is 173 Å². The third kappa shape index (κ3) is 4.76. The van der Waals surface area contributed by atoms with Gasteiger partial charge in [-0.2, -0.15) is 13.2 Å². The zero-order valence-electron chi connectivity index (χ0n) is 16.8. The Morgan fingerprint density at radius 2 is 2.13 bits per heavy atom. The lowest BCUT2D eigenvalue weighted by Crippen LogP contribution is -2.52. The molecular weight excluding hydrogens is 401 g/mol. The maximum Gasteiger partial charge on any atom is 0.418 e. The quantitative estimate of drug-likeness (QED) is 0.724. The minimum Gasteiger partial charge on any atom is -0.676 e. The smallest absolute Gasteiger partial charge is 0.418 e. The predicted molar refractivity (Wildman–Crippen MR) is 106 cm³/mol. The van der Waals surface area contributed by atoms with Crippen molar-refractivity contribution in [3.05, 3.63) is 29.5 Å². The summed E-state index contributed by atoms with van der Waals surface area (Å²) in [6, 6.07) is 2.79. The Bertz CT molecular complexity index is 783. The number of hydrogen-bond acceptors (Lipinski definition) is 4. The molecule has 2 aliphatic rings. The number of halogens is 3. The standard InChI is InChI=1S/C20H26F3N4O3/c1-2-26(13-4-3-5-13)17(11-24)19(29)25-16-7-6-14(10-15(16)20(21,22)23)27-8-9-30-12-18(27)28/h6-7,10,13,17,24H,2-5,8-9,11-12H2,1H3,(H,25,29)/q-1/t17-/m0/s1. The number of ether oxygens (including phenoxy) is 1. The minimum atomic E-state index is -4.72. The number of morpholine rings is 1. The molecule has 1 atom stereocenters. The van der Waals surface area contributed by atoms with E-state index in [1.807, 2.05) is 11.8 Å². The van der Waals surface area contributed by atoms with E-state index < -0.39 is 29.6 Å². The van der Waals surface area contributed by atoms with Gasteiger partial charge in [0.1, 0.15) is 6.61 Å². The largest absolute Gasteiger partial charge is 0.676 e. The first-order valence-electron chi connectivity index (χ1n) is 10.1. The van der Waals surface area contributed by atoms with Crippen molar-refractivity contribution in [1.82, 2.24) is 4.90 Å². The molecule has 0 aromatic heterocycles. The number of likely N-dealkylation sites (N-methyl/N-ethyl adjacent to an activating group) is 1. The van der Waals surface area contributed by atoms with Gasteiger partial charge in [-0.25, -0.2) is 0 Å². The number of amides is 2. The Balaban J connectivity index is 1.85. The molecule has 2 N–H and O–H groups in total. The first-order chi connectivity index (χ1) is 14.3. The molecule has 1 saturated carbocycles. The fourth-order valence-corrected chi connectivity index (χ4v) is 3.86. The Morgan fingerprint density at radius 3 is 2.67 bits per heavy atom. The molecule has 0 bridgehead atoms. The van der Waals surface area contributed by atoms with E-state index in [0.717, 1.165) is 25.3 Å². The Morgan fingerprint density at radius 1 is 1.40 bits per heavy atom. The van der Waals surface area contributed by atoms with Gasteiger partial charge in [0.15, 0.2) is 0 Å². The number of alkyl halides is 3. The van der Waals surface area contributed by atoms with Gasteiger partial charge in [0.05, 0.1) is 23.9 Å². The molecule has 1 heterocycles. The topological polar surface area (TPSA) is 85.7 Å². The molecule has 1 aromatic carbocycles. The average Bonchev–Trinajstić information content (AvgIpc) is 2.66. The fraction of sp³-hybridized carbons (Fsp3) is 0.600. The molecule has 7 nitrogen and oxygen atoms in total. The number of rotatable bonds is 7. The predicted octanol–water partition coefficient (Wildman–Crippen LogP) is 3.30. The summed E-state index contributed by atoms with van der Waals surface area (Å²) < 4.78 is 46.2. The number of benzene rings is 1. The van der Waals surface area contributed by atoms with E-state index in [4.69, 9.17) is 10.5 Å². The summed E-state index contributed by atoms with van der Waals surface area (Å²) in [5.74, 6) is -1.04. The molecular formula is C20H26F3N4O3-. The lowest BCUT2D eigenvalue weighted by atomic mass is 9.90. The van der Waals surface area contributed by atoms with Crippen LogP contribution in [0.25, 0.3) is 5.73 Å². The van der Waals surface area contributed by atoms with Crippen molar-refractivity contribution >= 4 is 23.2 Å². The van der Waals surface area contributed by atoms with Crippen molar-refractivity contribution < 1.29 is 27.5 Å². The maximum absolute atomic E-state index is 13.7. The SMILES string of the molecule is CCN(C1CCC1)[C@@H](C[NH-])C(=O)Nc1ccc(N2CCOCC2=O)cc1C(F)(F)F. The molecule has 2 fully saturated rings. The number of nitrogens with one attached hydrogen (secondary N) is 2. The zero-order chi connectivity index (χ0) is 21.9. The number of hydrogen-bond donors (Lipinski definition) is 1. The fourth-order valence-electron chi connectivity index (χ4n) is 3.86. The normalized spacial score (nSPS) is 19.0. The van der Waals surface area contributed by atoms with Crippen molar-refractivity contribution in [3.8, 4) is 0 Å². The van der Waals surface area contributed by atoms with Crippen molar-refractivity contribution in [1.29, 1.82) is 0 Å². The molecule has 3 rings (SSSR count). The maximum atomic E-state index is 13.7. The summed E-state index contributed by atoms with van der Waals surface area (Å²) in [5.41, 5.74) is 6.48. The van der Waals surface area contributed by atoms with E-state index in [0.29, 0.717) is 6.54 Å². The van der Waals surface area contributed by atoms with Crippen molar-refractivity contribution in [2.75, 3.05) is 43.1 Å². The van der Waals surface area contributed by atoms with Crippen molar-refractivity contribution in [2.45, 2.75) is 44.4 Å². The van der Waals surface area contributed by atoms with E-state index in [-0.39, 0.29) is 43.7 Å².